The Morgan fingerprint density at radius 1 is 1.30 bits per heavy atom. The van der Waals surface area contributed by atoms with Gasteiger partial charge in [0.2, 0.25) is 11.7 Å². The molecule has 0 radical (unpaired) electrons. The second-order valence-electron chi connectivity index (χ2n) is 4.70. The Hall–Kier alpha value is -1.59. The number of halogens is 1. The number of hydrogen-bond donors (Lipinski definition) is 1. The summed E-state index contributed by atoms with van der Waals surface area (Å²) in [7, 11) is 0. The van der Waals surface area contributed by atoms with Crippen LogP contribution in [0, 0.1) is 0 Å². The van der Waals surface area contributed by atoms with Crippen molar-refractivity contribution in [1.82, 2.24) is 15.5 Å². The maximum Gasteiger partial charge on any atom is 0.228 e. The van der Waals surface area contributed by atoms with Crippen LogP contribution in [0.3, 0.4) is 0 Å². The van der Waals surface area contributed by atoms with Gasteiger partial charge in [0.1, 0.15) is 5.75 Å². The monoisotopic (exact) mass is 295 g/mol. The Labute approximate surface area is 124 Å². The third kappa shape index (κ3) is 3.95. The van der Waals surface area contributed by atoms with E-state index in [-0.39, 0.29) is 12.4 Å². The number of benzene rings is 1. The van der Waals surface area contributed by atoms with E-state index < -0.39 is 0 Å². The van der Waals surface area contributed by atoms with E-state index in [0.29, 0.717) is 24.4 Å². The van der Waals surface area contributed by atoms with Crippen molar-refractivity contribution in [2.75, 3.05) is 6.54 Å². The molecule has 2 heterocycles. The molecule has 1 saturated heterocycles. The number of aromatic nitrogens is 2. The van der Waals surface area contributed by atoms with Crippen molar-refractivity contribution in [2.45, 2.75) is 31.9 Å². The molecule has 5 nitrogen and oxygen atoms in total. The third-order valence-corrected chi connectivity index (χ3v) is 3.20. The van der Waals surface area contributed by atoms with E-state index in [1.165, 1.54) is 12.8 Å². The minimum atomic E-state index is 0. The molecular weight excluding hydrogens is 278 g/mol. The number of nitrogens with one attached hydrogen (secondary N) is 1. The molecule has 1 N–H and O–H groups in total. The average molecular weight is 296 g/mol. The molecule has 1 unspecified atom stereocenters. The summed E-state index contributed by atoms with van der Waals surface area (Å²) in [5.41, 5.74) is 0. The lowest BCUT2D eigenvalue weighted by Gasteiger charge is -2.04. The molecule has 1 aromatic heterocycles. The zero-order valence-corrected chi connectivity index (χ0v) is 11.9. The molecule has 2 aromatic rings. The van der Waals surface area contributed by atoms with Crippen LogP contribution in [-0.2, 0) is 13.0 Å². The lowest BCUT2D eigenvalue weighted by Crippen LogP contribution is -2.23. The predicted molar refractivity (Wildman–Crippen MR) is 77.0 cm³/mol. The average Bonchev–Trinajstić information content (AvgIpc) is 3.10. The first-order valence-electron chi connectivity index (χ1n) is 6.63. The molecule has 108 valence electrons. The van der Waals surface area contributed by atoms with E-state index in [9.17, 15) is 0 Å². The molecule has 6 heteroatoms. The van der Waals surface area contributed by atoms with Crippen LogP contribution >= 0.6 is 12.4 Å². The van der Waals surface area contributed by atoms with Crippen molar-refractivity contribution in [2.24, 2.45) is 0 Å². The molecule has 1 aliphatic rings. The number of ether oxygens (including phenoxy) is 1. The van der Waals surface area contributed by atoms with E-state index >= 15 is 0 Å². The van der Waals surface area contributed by atoms with Crippen molar-refractivity contribution < 1.29 is 9.26 Å². The highest BCUT2D eigenvalue weighted by atomic mass is 35.5. The topological polar surface area (TPSA) is 60.2 Å². The molecule has 1 fully saturated rings. The smallest absolute Gasteiger partial charge is 0.228 e. The first-order chi connectivity index (χ1) is 9.40. The van der Waals surface area contributed by atoms with Gasteiger partial charge in [0, 0.05) is 12.5 Å². The maximum atomic E-state index is 5.57. The van der Waals surface area contributed by atoms with Crippen LogP contribution in [-0.4, -0.2) is 22.7 Å². The molecule has 0 saturated carbocycles. The Morgan fingerprint density at radius 2 is 2.15 bits per heavy atom. The molecule has 1 atom stereocenters. The van der Waals surface area contributed by atoms with Gasteiger partial charge < -0.3 is 14.6 Å². The fourth-order valence-electron chi connectivity index (χ4n) is 2.24. The lowest BCUT2D eigenvalue weighted by atomic mass is 10.2. The van der Waals surface area contributed by atoms with Crippen molar-refractivity contribution in [1.29, 1.82) is 0 Å². The van der Waals surface area contributed by atoms with Gasteiger partial charge in [0.25, 0.3) is 0 Å². The standard InChI is InChI=1S/C14H17N3O2.ClH/c1-2-6-12(7-3-1)18-10-13-16-14(19-17-13)9-11-5-4-8-15-11;/h1-3,6-7,11,15H,4-5,8-10H2;1H. The van der Waals surface area contributed by atoms with Crippen LogP contribution in [0.4, 0.5) is 0 Å². The maximum absolute atomic E-state index is 5.57. The minimum Gasteiger partial charge on any atom is -0.485 e. The van der Waals surface area contributed by atoms with Crippen molar-refractivity contribution in [3.63, 3.8) is 0 Å². The molecule has 3 rings (SSSR count). The summed E-state index contributed by atoms with van der Waals surface area (Å²) in [6, 6.07) is 10.1. The summed E-state index contributed by atoms with van der Waals surface area (Å²) in [4.78, 5) is 4.35. The van der Waals surface area contributed by atoms with Crippen LogP contribution in [0.5, 0.6) is 5.75 Å². The molecule has 0 amide bonds. The van der Waals surface area contributed by atoms with Crippen LogP contribution in [0.2, 0.25) is 0 Å². The highest BCUT2D eigenvalue weighted by molar-refractivity contribution is 5.85. The normalized spacial score (nSPS) is 17.7. The van der Waals surface area contributed by atoms with Crippen LogP contribution in [0.25, 0.3) is 0 Å². The summed E-state index contributed by atoms with van der Waals surface area (Å²) >= 11 is 0. The zero-order valence-electron chi connectivity index (χ0n) is 11.1. The van der Waals surface area contributed by atoms with Crippen molar-refractivity contribution in [3.8, 4) is 5.75 Å². The van der Waals surface area contributed by atoms with Gasteiger partial charge in [-0.15, -0.1) is 12.4 Å². The van der Waals surface area contributed by atoms with Gasteiger partial charge in [-0.1, -0.05) is 23.4 Å². The summed E-state index contributed by atoms with van der Waals surface area (Å²) < 4.78 is 10.8. The van der Waals surface area contributed by atoms with Gasteiger partial charge in [0.15, 0.2) is 6.61 Å². The Kier molecular flexibility index (Phi) is 5.38. The molecular formula is C14H18ClN3O2. The third-order valence-electron chi connectivity index (χ3n) is 3.20. The van der Waals surface area contributed by atoms with Gasteiger partial charge >= 0.3 is 0 Å². The first kappa shape index (κ1) is 14.8. The molecule has 0 aliphatic carbocycles. The van der Waals surface area contributed by atoms with Gasteiger partial charge in [0.05, 0.1) is 0 Å². The van der Waals surface area contributed by atoms with Gasteiger partial charge in [-0.25, -0.2) is 0 Å². The van der Waals surface area contributed by atoms with Crippen molar-refractivity contribution >= 4 is 12.4 Å². The fraction of sp³-hybridized carbons (Fsp3) is 0.429. The quantitative estimate of drug-likeness (QED) is 0.917. The molecule has 1 aromatic carbocycles. The van der Waals surface area contributed by atoms with Crippen LogP contribution in [0.15, 0.2) is 34.9 Å². The van der Waals surface area contributed by atoms with E-state index in [4.69, 9.17) is 9.26 Å². The van der Waals surface area contributed by atoms with Crippen LogP contribution in [0.1, 0.15) is 24.6 Å². The van der Waals surface area contributed by atoms with E-state index in [0.717, 1.165) is 18.7 Å². The van der Waals surface area contributed by atoms with Crippen LogP contribution < -0.4 is 10.1 Å². The minimum absolute atomic E-state index is 0. The second kappa shape index (κ2) is 7.26. The molecule has 0 spiro atoms. The van der Waals surface area contributed by atoms with E-state index in [2.05, 4.69) is 15.5 Å². The van der Waals surface area contributed by atoms with Crippen molar-refractivity contribution in [3.05, 3.63) is 42.0 Å². The number of nitrogens with zero attached hydrogens (tertiary/aromatic N) is 2. The SMILES string of the molecule is Cl.c1ccc(OCc2noc(CC3CCCN3)n2)cc1. The predicted octanol–water partition coefficient (Wildman–Crippen LogP) is 2.36. The number of rotatable bonds is 5. The Bertz CT molecular complexity index is 512. The summed E-state index contributed by atoms with van der Waals surface area (Å²) in [5.74, 6) is 2.09. The Balaban J connectivity index is 0.00000147. The largest absolute Gasteiger partial charge is 0.485 e. The lowest BCUT2D eigenvalue weighted by molar-refractivity contribution is 0.284. The summed E-state index contributed by atoms with van der Waals surface area (Å²) in [5, 5.41) is 7.35. The number of para-hydroxylation sites is 1. The summed E-state index contributed by atoms with van der Waals surface area (Å²) in [6.45, 7) is 1.42. The molecule has 0 bridgehead atoms. The molecule has 20 heavy (non-hydrogen) atoms. The second-order valence-corrected chi connectivity index (χ2v) is 4.70. The highest BCUT2D eigenvalue weighted by Crippen LogP contribution is 2.13. The zero-order chi connectivity index (χ0) is 12.9. The fourth-order valence-corrected chi connectivity index (χ4v) is 2.24. The highest BCUT2D eigenvalue weighted by Gasteiger charge is 2.18. The van der Waals surface area contributed by atoms with Gasteiger partial charge in [-0.3, -0.25) is 0 Å². The molecule has 1 aliphatic heterocycles. The Morgan fingerprint density at radius 3 is 2.90 bits per heavy atom. The van der Waals surface area contributed by atoms with E-state index in [1.54, 1.807) is 0 Å². The number of hydrogen-bond acceptors (Lipinski definition) is 5. The summed E-state index contributed by atoms with van der Waals surface area (Å²) in [6.07, 6.45) is 3.21. The van der Waals surface area contributed by atoms with E-state index in [1.807, 2.05) is 30.3 Å². The van der Waals surface area contributed by atoms with Gasteiger partial charge in [-0.2, -0.15) is 4.98 Å². The van der Waals surface area contributed by atoms with Gasteiger partial charge in [-0.05, 0) is 31.5 Å². The first-order valence-corrected chi connectivity index (χ1v) is 6.63.